The van der Waals surface area contributed by atoms with Crippen molar-refractivity contribution >= 4 is 40.9 Å². The third-order valence-electron chi connectivity index (χ3n) is 3.94. The number of nitrogens with zero attached hydrogens (tertiary/aromatic N) is 1. The summed E-state index contributed by atoms with van der Waals surface area (Å²) in [4.78, 5) is 4.66. The van der Waals surface area contributed by atoms with E-state index in [4.69, 9.17) is 0 Å². The number of aliphatic imine (C=N–C) groups is 1. The molecule has 2 nitrogen and oxygen atoms in total. The monoisotopic (exact) mass is 446 g/mol. The molecule has 2 aromatic carbocycles. The average Bonchev–Trinajstić information content (AvgIpc) is 2.86. The van der Waals surface area contributed by atoms with E-state index < -0.39 is 5.54 Å². The van der Waals surface area contributed by atoms with Crippen molar-refractivity contribution in [2.24, 2.45) is 4.99 Å². The van der Waals surface area contributed by atoms with E-state index in [-0.39, 0.29) is 41.7 Å². The fourth-order valence-electron chi connectivity index (χ4n) is 2.80. The van der Waals surface area contributed by atoms with Gasteiger partial charge in [-0.1, -0.05) is 36.0 Å². The summed E-state index contributed by atoms with van der Waals surface area (Å²) in [6.07, 6.45) is 1.92. The largest absolute Gasteiger partial charge is 0.353 e. The molecule has 23 heavy (non-hydrogen) atoms. The second-order valence-electron chi connectivity index (χ2n) is 5.43. The van der Waals surface area contributed by atoms with Gasteiger partial charge in [0.2, 0.25) is 0 Å². The zero-order valence-corrected chi connectivity index (χ0v) is 15.9. The van der Waals surface area contributed by atoms with E-state index in [9.17, 15) is 8.78 Å². The van der Waals surface area contributed by atoms with Crippen LogP contribution in [0.2, 0.25) is 0 Å². The Morgan fingerprint density at radius 3 is 2.35 bits per heavy atom. The molecule has 0 radical (unpaired) electrons. The highest BCUT2D eigenvalue weighted by Gasteiger charge is 2.42. The number of hydrogen-bond acceptors (Lipinski definition) is 3. The molecule has 0 saturated heterocycles. The number of rotatable bonds is 2. The SMILES string of the molecule is CSC1=NC(c2cccc(F)c2)C(C)(c2cccc(F)c2)N1.I. The maximum absolute atomic E-state index is 13.6. The maximum Gasteiger partial charge on any atom is 0.157 e. The molecule has 2 aromatic rings. The first-order valence-electron chi connectivity index (χ1n) is 6.94. The molecule has 2 atom stereocenters. The summed E-state index contributed by atoms with van der Waals surface area (Å²) in [7, 11) is 0. The van der Waals surface area contributed by atoms with E-state index in [0.717, 1.165) is 16.3 Å². The normalized spacial score (nSPS) is 23.0. The molecule has 0 amide bonds. The van der Waals surface area contributed by atoms with E-state index in [1.165, 1.54) is 36.0 Å². The lowest BCUT2D eigenvalue weighted by Gasteiger charge is -2.32. The Bertz CT molecular complexity index is 738. The molecular weight excluding hydrogens is 429 g/mol. The molecule has 1 aliphatic rings. The van der Waals surface area contributed by atoms with Gasteiger partial charge < -0.3 is 5.32 Å². The lowest BCUT2D eigenvalue weighted by molar-refractivity contribution is 0.384. The molecule has 1 aliphatic heterocycles. The van der Waals surface area contributed by atoms with E-state index in [1.807, 2.05) is 25.3 Å². The summed E-state index contributed by atoms with van der Waals surface area (Å²) >= 11 is 1.49. The van der Waals surface area contributed by atoms with E-state index in [2.05, 4.69) is 10.3 Å². The van der Waals surface area contributed by atoms with Gasteiger partial charge in [0.1, 0.15) is 17.7 Å². The number of nitrogens with one attached hydrogen (secondary N) is 1. The van der Waals surface area contributed by atoms with Gasteiger partial charge in [0, 0.05) is 0 Å². The highest BCUT2D eigenvalue weighted by atomic mass is 127. The predicted octanol–water partition coefficient (Wildman–Crippen LogP) is 4.86. The van der Waals surface area contributed by atoms with Crippen molar-refractivity contribution in [3.63, 3.8) is 0 Å². The van der Waals surface area contributed by atoms with Gasteiger partial charge in [-0.2, -0.15) is 0 Å². The van der Waals surface area contributed by atoms with Crippen molar-refractivity contribution in [1.29, 1.82) is 0 Å². The van der Waals surface area contributed by atoms with Crippen LogP contribution in [0.3, 0.4) is 0 Å². The first-order valence-corrected chi connectivity index (χ1v) is 8.17. The molecule has 2 unspecified atom stereocenters. The summed E-state index contributed by atoms with van der Waals surface area (Å²) in [5, 5.41) is 4.12. The average molecular weight is 446 g/mol. The second-order valence-corrected chi connectivity index (χ2v) is 6.23. The van der Waals surface area contributed by atoms with Crippen LogP contribution in [0.5, 0.6) is 0 Å². The predicted molar refractivity (Wildman–Crippen MR) is 102 cm³/mol. The molecule has 3 rings (SSSR count). The van der Waals surface area contributed by atoms with Crippen LogP contribution < -0.4 is 5.32 Å². The Labute approximate surface area is 155 Å². The van der Waals surface area contributed by atoms with Crippen LogP contribution in [-0.2, 0) is 5.54 Å². The van der Waals surface area contributed by atoms with Crippen molar-refractivity contribution in [2.75, 3.05) is 6.26 Å². The fraction of sp³-hybridized carbons (Fsp3) is 0.235. The quantitative estimate of drug-likeness (QED) is 0.667. The minimum Gasteiger partial charge on any atom is -0.353 e. The van der Waals surface area contributed by atoms with Gasteiger partial charge in [0.15, 0.2) is 5.17 Å². The first kappa shape index (κ1) is 18.2. The van der Waals surface area contributed by atoms with E-state index in [0.29, 0.717) is 0 Å². The maximum atomic E-state index is 13.6. The summed E-state index contributed by atoms with van der Waals surface area (Å²) in [6.45, 7) is 1.96. The Kier molecular flexibility index (Phi) is 5.67. The van der Waals surface area contributed by atoms with Crippen LogP contribution in [0, 0.1) is 11.6 Å². The molecule has 1 heterocycles. The molecule has 0 saturated carbocycles. The van der Waals surface area contributed by atoms with Crippen LogP contribution in [0.15, 0.2) is 53.5 Å². The van der Waals surface area contributed by atoms with Crippen molar-refractivity contribution in [1.82, 2.24) is 5.32 Å². The molecule has 0 bridgehead atoms. The Morgan fingerprint density at radius 1 is 1.09 bits per heavy atom. The van der Waals surface area contributed by atoms with Gasteiger partial charge in [0.05, 0.1) is 5.54 Å². The zero-order valence-electron chi connectivity index (χ0n) is 12.7. The Balaban J connectivity index is 0.00000192. The number of hydrogen-bond donors (Lipinski definition) is 1. The van der Waals surface area contributed by atoms with Crippen LogP contribution >= 0.6 is 35.7 Å². The van der Waals surface area contributed by atoms with Gasteiger partial charge in [-0.15, -0.1) is 24.0 Å². The molecular formula is C17H17F2IN2S. The highest BCUT2D eigenvalue weighted by molar-refractivity contribution is 14.0. The van der Waals surface area contributed by atoms with Crippen LogP contribution in [0.1, 0.15) is 24.1 Å². The fourth-order valence-corrected chi connectivity index (χ4v) is 3.32. The number of thioether (sulfide) groups is 1. The van der Waals surface area contributed by atoms with Crippen LogP contribution in [0.25, 0.3) is 0 Å². The standard InChI is InChI=1S/C17H16F2N2S.HI/c1-17(12-6-4-8-14(19)10-12)15(20-16(21-17)22-2)11-5-3-7-13(18)9-11;/h3-10,15H,1-2H3,(H,20,21);1H. The highest BCUT2D eigenvalue weighted by Crippen LogP contribution is 2.42. The van der Waals surface area contributed by atoms with Gasteiger partial charge in [0.25, 0.3) is 0 Å². The van der Waals surface area contributed by atoms with Crippen molar-refractivity contribution < 1.29 is 8.78 Å². The molecule has 122 valence electrons. The molecule has 6 heteroatoms. The van der Waals surface area contributed by atoms with E-state index in [1.54, 1.807) is 12.1 Å². The Hall–Kier alpha value is -1.15. The van der Waals surface area contributed by atoms with Crippen molar-refractivity contribution in [2.45, 2.75) is 18.5 Å². The number of amidine groups is 1. The van der Waals surface area contributed by atoms with Crippen LogP contribution in [-0.4, -0.2) is 11.4 Å². The number of halogens is 3. The molecule has 0 aromatic heterocycles. The first-order chi connectivity index (χ1) is 10.5. The van der Waals surface area contributed by atoms with Crippen molar-refractivity contribution in [3.05, 3.63) is 71.3 Å². The second kappa shape index (κ2) is 7.17. The summed E-state index contributed by atoms with van der Waals surface area (Å²) in [5.41, 5.74) is 0.937. The third-order valence-corrected chi connectivity index (χ3v) is 4.54. The third kappa shape index (κ3) is 3.52. The van der Waals surface area contributed by atoms with Gasteiger partial charge in [-0.25, -0.2) is 8.78 Å². The zero-order chi connectivity index (χ0) is 15.7. The van der Waals surface area contributed by atoms with Gasteiger partial charge >= 0.3 is 0 Å². The van der Waals surface area contributed by atoms with Crippen molar-refractivity contribution in [3.8, 4) is 0 Å². The lowest BCUT2D eigenvalue weighted by atomic mass is 9.82. The van der Waals surface area contributed by atoms with Crippen LogP contribution in [0.4, 0.5) is 8.78 Å². The Morgan fingerprint density at radius 2 is 1.74 bits per heavy atom. The molecule has 0 fully saturated rings. The molecule has 1 N–H and O–H groups in total. The topological polar surface area (TPSA) is 24.4 Å². The molecule has 0 aliphatic carbocycles. The number of benzene rings is 2. The summed E-state index contributed by atoms with van der Waals surface area (Å²) in [5.74, 6) is -0.594. The smallest absolute Gasteiger partial charge is 0.157 e. The minimum absolute atomic E-state index is 0. The van der Waals surface area contributed by atoms with Gasteiger partial charge in [-0.3, -0.25) is 4.99 Å². The summed E-state index contributed by atoms with van der Waals surface area (Å²) < 4.78 is 27.2. The summed E-state index contributed by atoms with van der Waals surface area (Å²) in [6, 6.07) is 12.5. The lowest BCUT2D eigenvalue weighted by Crippen LogP contribution is -2.40. The van der Waals surface area contributed by atoms with Gasteiger partial charge in [-0.05, 0) is 48.6 Å². The minimum atomic E-state index is -0.617. The van der Waals surface area contributed by atoms with E-state index >= 15 is 0 Å². The molecule has 0 spiro atoms.